The lowest BCUT2D eigenvalue weighted by atomic mass is 9.87. The van der Waals surface area contributed by atoms with E-state index in [2.05, 4.69) is 48.1 Å². The van der Waals surface area contributed by atoms with Crippen molar-refractivity contribution in [3.63, 3.8) is 0 Å². The Bertz CT molecular complexity index is 638. The molecule has 20 heavy (non-hydrogen) atoms. The molecule has 0 N–H and O–H groups in total. The van der Waals surface area contributed by atoms with Crippen LogP contribution in [0.1, 0.15) is 26.3 Å². The predicted molar refractivity (Wildman–Crippen MR) is 77.2 cm³/mol. The Labute approximate surface area is 117 Å². The van der Waals surface area contributed by atoms with Gasteiger partial charge in [-0.1, -0.05) is 20.8 Å². The molecule has 3 aromatic rings. The highest BCUT2D eigenvalue weighted by Gasteiger charge is 2.17. The number of nitrogens with zero attached hydrogens (tertiary/aromatic N) is 5. The van der Waals surface area contributed by atoms with Gasteiger partial charge in [0.2, 0.25) is 0 Å². The maximum Gasteiger partial charge on any atom is 0.156 e. The second-order valence-electron chi connectivity index (χ2n) is 5.72. The van der Waals surface area contributed by atoms with Gasteiger partial charge in [-0.3, -0.25) is 0 Å². The monoisotopic (exact) mass is 267 g/mol. The first-order chi connectivity index (χ1) is 9.54. The highest BCUT2D eigenvalue weighted by molar-refractivity contribution is 5.39. The van der Waals surface area contributed by atoms with Crippen molar-refractivity contribution in [2.75, 3.05) is 0 Å². The Morgan fingerprint density at radius 1 is 0.850 bits per heavy atom. The molecule has 3 aromatic heterocycles. The van der Waals surface area contributed by atoms with Crippen molar-refractivity contribution < 1.29 is 0 Å². The highest BCUT2D eigenvalue weighted by atomic mass is 15.3. The minimum atomic E-state index is 0.0345. The number of hydrogen-bond donors (Lipinski definition) is 0. The van der Waals surface area contributed by atoms with Crippen LogP contribution in [0.25, 0.3) is 11.6 Å². The first-order valence-electron chi connectivity index (χ1n) is 6.57. The van der Waals surface area contributed by atoms with Gasteiger partial charge >= 0.3 is 0 Å². The van der Waals surface area contributed by atoms with Crippen molar-refractivity contribution in [2.45, 2.75) is 26.2 Å². The Kier molecular flexibility index (Phi) is 2.89. The molecule has 5 nitrogen and oxygen atoms in total. The zero-order valence-corrected chi connectivity index (χ0v) is 11.9. The summed E-state index contributed by atoms with van der Waals surface area (Å²) in [6.45, 7) is 6.55. The summed E-state index contributed by atoms with van der Waals surface area (Å²) in [6.07, 6.45) is 7.28. The third-order valence-corrected chi connectivity index (χ3v) is 3.14. The summed E-state index contributed by atoms with van der Waals surface area (Å²) in [4.78, 5) is 4.63. The fraction of sp³-hybridized carbons (Fsp3) is 0.267. The van der Waals surface area contributed by atoms with E-state index in [0.717, 1.165) is 11.6 Å². The van der Waals surface area contributed by atoms with E-state index in [1.807, 2.05) is 24.5 Å². The molecular formula is C15H17N5. The van der Waals surface area contributed by atoms with Crippen LogP contribution in [0.15, 0.2) is 49.1 Å². The minimum Gasteiger partial charge on any atom is -0.223 e. The van der Waals surface area contributed by atoms with Crippen molar-refractivity contribution in [2.24, 2.45) is 0 Å². The van der Waals surface area contributed by atoms with E-state index < -0.39 is 0 Å². The fourth-order valence-electron chi connectivity index (χ4n) is 1.98. The molecule has 0 spiro atoms. The normalized spacial score (nSPS) is 11.8. The highest BCUT2D eigenvalue weighted by Crippen LogP contribution is 2.25. The lowest BCUT2D eigenvalue weighted by Gasteiger charge is -2.20. The average molecular weight is 267 g/mol. The van der Waals surface area contributed by atoms with E-state index in [1.54, 1.807) is 21.8 Å². The molecule has 0 bridgehead atoms. The van der Waals surface area contributed by atoms with Crippen molar-refractivity contribution in [3.05, 3.63) is 54.6 Å². The topological polar surface area (TPSA) is 48.5 Å². The van der Waals surface area contributed by atoms with Crippen LogP contribution in [0.3, 0.4) is 0 Å². The molecular weight excluding hydrogens is 250 g/mol. The van der Waals surface area contributed by atoms with E-state index >= 15 is 0 Å². The summed E-state index contributed by atoms with van der Waals surface area (Å²) >= 11 is 0. The third kappa shape index (κ3) is 2.34. The van der Waals surface area contributed by atoms with Crippen LogP contribution in [0, 0.1) is 0 Å². The quantitative estimate of drug-likeness (QED) is 0.717. The van der Waals surface area contributed by atoms with E-state index in [0.29, 0.717) is 0 Å². The lowest BCUT2D eigenvalue weighted by Crippen LogP contribution is -2.14. The molecule has 5 heteroatoms. The molecule has 0 atom stereocenters. The van der Waals surface area contributed by atoms with E-state index in [1.165, 1.54) is 5.56 Å². The van der Waals surface area contributed by atoms with Crippen LogP contribution >= 0.6 is 0 Å². The second kappa shape index (κ2) is 4.59. The number of pyridine rings is 1. The number of aromatic nitrogens is 5. The zero-order valence-electron chi connectivity index (χ0n) is 11.9. The van der Waals surface area contributed by atoms with Crippen LogP contribution in [0.4, 0.5) is 0 Å². The molecule has 0 aliphatic rings. The van der Waals surface area contributed by atoms with Gasteiger partial charge in [0.25, 0.3) is 0 Å². The summed E-state index contributed by atoms with van der Waals surface area (Å²) in [5.41, 5.74) is 1.23. The molecule has 3 rings (SSSR count). The summed E-state index contributed by atoms with van der Waals surface area (Å²) < 4.78 is 3.53. The van der Waals surface area contributed by atoms with Gasteiger partial charge in [-0.15, -0.1) is 0 Å². The second-order valence-corrected chi connectivity index (χ2v) is 5.72. The van der Waals surface area contributed by atoms with Gasteiger partial charge in [0.05, 0.1) is 0 Å². The van der Waals surface area contributed by atoms with E-state index in [-0.39, 0.29) is 5.41 Å². The molecule has 0 saturated heterocycles. The standard InChI is InChI=1S/C15H17N5/c1-15(2,3)12-10-13(19-8-4-6-16-19)18-14(11-12)20-9-5-7-17-20/h4-11H,1-3H3. The summed E-state index contributed by atoms with van der Waals surface area (Å²) in [7, 11) is 0. The summed E-state index contributed by atoms with van der Waals surface area (Å²) in [5.74, 6) is 1.60. The van der Waals surface area contributed by atoms with Gasteiger partial charge in [0.1, 0.15) is 0 Å². The Balaban J connectivity index is 2.19. The summed E-state index contributed by atoms with van der Waals surface area (Å²) in [5, 5.41) is 8.51. The van der Waals surface area contributed by atoms with Gasteiger partial charge in [0, 0.05) is 24.8 Å². The van der Waals surface area contributed by atoms with Gasteiger partial charge in [-0.2, -0.15) is 10.2 Å². The largest absolute Gasteiger partial charge is 0.223 e. The molecule has 0 fully saturated rings. The van der Waals surface area contributed by atoms with Crippen LogP contribution in [0.5, 0.6) is 0 Å². The molecule has 0 saturated carbocycles. The SMILES string of the molecule is CC(C)(C)c1cc(-n2cccn2)nc(-n2cccn2)c1. The van der Waals surface area contributed by atoms with Crippen LogP contribution in [-0.4, -0.2) is 24.5 Å². The fourth-order valence-corrected chi connectivity index (χ4v) is 1.98. The Hall–Kier alpha value is -2.43. The van der Waals surface area contributed by atoms with Gasteiger partial charge in [0.15, 0.2) is 11.6 Å². The molecule has 102 valence electrons. The lowest BCUT2D eigenvalue weighted by molar-refractivity contribution is 0.586. The molecule has 0 aromatic carbocycles. The molecule has 0 amide bonds. The zero-order chi connectivity index (χ0) is 14.2. The Morgan fingerprint density at radius 2 is 1.35 bits per heavy atom. The minimum absolute atomic E-state index is 0.0345. The van der Waals surface area contributed by atoms with Crippen molar-refractivity contribution in [1.29, 1.82) is 0 Å². The van der Waals surface area contributed by atoms with E-state index in [9.17, 15) is 0 Å². The van der Waals surface area contributed by atoms with Crippen LogP contribution in [0.2, 0.25) is 0 Å². The molecule has 3 heterocycles. The van der Waals surface area contributed by atoms with Gasteiger partial charge in [-0.25, -0.2) is 14.3 Å². The van der Waals surface area contributed by atoms with Gasteiger partial charge < -0.3 is 0 Å². The first-order valence-corrected chi connectivity index (χ1v) is 6.57. The maximum absolute atomic E-state index is 4.63. The van der Waals surface area contributed by atoms with Crippen molar-refractivity contribution >= 4 is 0 Å². The predicted octanol–water partition coefficient (Wildman–Crippen LogP) is 2.75. The van der Waals surface area contributed by atoms with E-state index in [4.69, 9.17) is 0 Å². The Morgan fingerprint density at radius 3 is 1.70 bits per heavy atom. The molecule has 0 unspecified atom stereocenters. The number of rotatable bonds is 2. The third-order valence-electron chi connectivity index (χ3n) is 3.14. The molecule has 0 aliphatic carbocycles. The van der Waals surface area contributed by atoms with Crippen LogP contribution < -0.4 is 0 Å². The van der Waals surface area contributed by atoms with Crippen molar-refractivity contribution in [1.82, 2.24) is 24.5 Å². The van der Waals surface area contributed by atoms with Gasteiger partial charge in [-0.05, 0) is 35.2 Å². The smallest absolute Gasteiger partial charge is 0.156 e. The molecule has 0 aliphatic heterocycles. The number of hydrogen-bond acceptors (Lipinski definition) is 3. The van der Waals surface area contributed by atoms with Crippen molar-refractivity contribution in [3.8, 4) is 11.6 Å². The maximum atomic E-state index is 4.63. The average Bonchev–Trinajstić information content (AvgIpc) is 3.10. The van der Waals surface area contributed by atoms with Crippen LogP contribution in [-0.2, 0) is 5.41 Å². The molecule has 0 radical (unpaired) electrons. The first kappa shape index (κ1) is 12.6. The summed E-state index contributed by atoms with van der Waals surface area (Å²) in [6, 6.07) is 7.91.